The molecule has 1 spiro atoms. The Morgan fingerprint density at radius 1 is 1.29 bits per heavy atom. The summed E-state index contributed by atoms with van der Waals surface area (Å²) in [6.45, 7) is 0.716. The summed E-state index contributed by atoms with van der Waals surface area (Å²) in [5, 5.41) is 12.9. The number of hydrogen-bond donors (Lipinski definition) is 0. The number of oxime groups is 1. The molecular formula is C21H21N5O4S. The molecule has 9 nitrogen and oxygen atoms in total. The van der Waals surface area contributed by atoms with Crippen molar-refractivity contribution in [3.8, 4) is 6.07 Å². The van der Waals surface area contributed by atoms with Crippen molar-refractivity contribution in [1.29, 1.82) is 5.26 Å². The predicted octanol–water partition coefficient (Wildman–Crippen LogP) is 1.52. The number of pyridine rings is 1. The molecule has 2 aromatic rings. The van der Waals surface area contributed by atoms with Gasteiger partial charge in [0.25, 0.3) is 5.91 Å². The van der Waals surface area contributed by atoms with Crippen LogP contribution in [0.25, 0.3) is 0 Å². The molecule has 1 aromatic heterocycles. The van der Waals surface area contributed by atoms with Crippen molar-refractivity contribution in [1.82, 2.24) is 14.2 Å². The summed E-state index contributed by atoms with van der Waals surface area (Å²) in [6, 6.07) is 13.3. The third-order valence-electron chi connectivity index (χ3n) is 5.46. The first-order valence-corrected chi connectivity index (χ1v) is 11.2. The smallest absolute Gasteiger partial charge is 0.271 e. The van der Waals surface area contributed by atoms with Gasteiger partial charge in [-0.15, -0.1) is 0 Å². The zero-order chi connectivity index (χ0) is 22.1. The standard InChI is InChI=1S/C21H21N5O4S/c1-25(14-17-4-2-3-10-23-17)20(27)19-12-21(30-24-19)9-11-26(15-21)31(28,29)18-7-5-16(13-22)6-8-18/h2-8,10H,9,11-12,14-15H2,1H3. The highest BCUT2D eigenvalue weighted by Crippen LogP contribution is 2.36. The minimum absolute atomic E-state index is 0.111. The molecule has 1 aromatic carbocycles. The summed E-state index contributed by atoms with van der Waals surface area (Å²) >= 11 is 0. The fourth-order valence-electron chi connectivity index (χ4n) is 3.75. The highest BCUT2D eigenvalue weighted by molar-refractivity contribution is 7.89. The van der Waals surface area contributed by atoms with Crippen LogP contribution in [0.4, 0.5) is 0 Å². The van der Waals surface area contributed by atoms with Gasteiger partial charge in [0.1, 0.15) is 5.71 Å². The van der Waals surface area contributed by atoms with Gasteiger partial charge in [-0.1, -0.05) is 11.2 Å². The van der Waals surface area contributed by atoms with Crippen LogP contribution in [0, 0.1) is 11.3 Å². The van der Waals surface area contributed by atoms with Gasteiger partial charge in [0.05, 0.1) is 35.3 Å². The van der Waals surface area contributed by atoms with Crippen LogP contribution in [0.1, 0.15) is 24.1 Å². The summed E-state index contributed by atoms with van der Waals surface area (Å²) in [7, 11) is -2.06. The number of amides is 1. The molecule has 4 rings (SSSR count). The minimum Gasteiger partial charge on any atom is -0.387 e. The molecule has 0 aliphatic carbocycles. The molecule has 1 fully saturated rings. The first-order valence-electron chi connectivity index (χ1n) is 9.74. The normalized spacial score (nSPS) is 20.8. The number of benzene rings is 1. The first-order chi connectivity index (χ1) is 14.8. The predicted molar refractivity (Wildman–Crippen MR) is 111 cm³/mol. The van der Waals surface area contributed by atoms with Gasteiger partial charge in [0.2, 0.25) is 10.0 Å². The lowest BCUT2D eigenvalue weighted by Crippen LogP contribution is -2.39. The van der Waals surface area contributed by atoms with E-state index in [1.54, 1.807) is 13.2 Å². The average molecular weight is 439 g/mol. The van der Waals surface area contributed by atoms with Crippen LogP contribution in [0.3, 0.4) is 0 Å². The Balaban J connectivity index is 1.41. The third-order valence-corrected chi connectivity index (χ3v) is 7.32. The minimum atomic E-state index is -3.73. The second-order valence-corrected chi connectivity index (χ2v) is 9.63. The third kappa shape index (κ3) is 4.15. The van der Waals surface area contributed by atoms with E-state index >= 15 is 0 Å². The molecule has 2 aliphatic heterocycles. The zero-order valence-electron chi connectivity index (χ0n) is 16.9. The number of aromatic nitrogens is 1. The van der Waals surface area contributed by atoms with Crippen molar-refractivity contribution in [3.63, 3.8) is 0 Å². The maximum atomic E-state index is 13.0. The Hall–Kier alpha value is -3.29. The van der Waals surface area contributed by atoms with Crippen LogP contribution >= 0.6 is 0 Å². The monoisotopic (exact) mass is 439 g/mol. The van der Waals surface area contributed by atoms with Crippen molar-refractivity contribution in [2.24, 2.45) is 5.16 Å². The quantitative estimate of drug-likeness (QED) is 0.697. The van der Waals surface area contributed by atoms with E-state index in [1.807, 2.05) is 24.3 Å². The number of nitrogens with zero attached hydrogens (tertiary/aromatic N) is 5. The maximum Gasteiger partial charge on any atom is 0.271 e. The van der Waals surface area contributed by atoms with Gasteiger partial charge in [-0.3, -0.25) is 9.78 Å². The Kier molecular flexibility index (Phi) is 5.47. The molecule has 1 amide bonds. The fourth-order valence-corrected chi connectivity index (χ4v) is 5.26. The van der Waals surface area contributed by atoms with Crippen LogP contribution in [0.5, 0.6) is 0 Å². The van der Waals surface area contributed by atoms with Crippen molar-refractivity contribution < 1.29 is 18.0 Å². The summed E-state index contributed by atoms with van der Waals surface area (Å²) in [5.41, 5.74) is 0.586. The van der Waals surface area contributed by atoms with E-state index in [-0.39, 0.29) is 36.0 Å². The highest BCUT2D eigenvalue weighted by atomic mass is 32.2. The summed E-state index contributed by atoms with van der Waals surface area (Å²) < 4.78 is 27.3. The molecule has 1 unspecified atom stereocenters. The van der Waals surface area contributed by atoms with Gasteiger partial charge in [-0.05, 0) is 36.4 Å². The second-order valence-electron chi connectivity index (χ2n) is 7.70. The van der Waals surface area contributed by atoms with Gasteiger partial charge in [0, 0.05) is 32.6 Å². The van der Waals surface area contributed by atoms with Crippen molar-refractivity contribution in [3.05, 3.63) is 59.9 Å². The van der Waals surface area contributed by atoms with Crippen molar-refractivity contribution >= 4 is 21.6 Å². The van der Waals surface area contributed by atoms with Gasteiger partial charge in [-0.25, -0.2) is 8.42 Å². The molecule has 0 bridgehead atoms. The van der Waals surface area contributed by atoms with Gasteiger partial charge >= 0.3 is 0 Å². The number of rotatable bonds is 5. The molecule has 160 valence electrons. The SMILES string of the molecule is CN(Cc1ccccn1)C(=O)C1=NOC2(CCN(S(=O)(=O)c3ccc(C#N)cc3)C2)C1. The molecular weight excluding hydrogens is 418 g/mol. The second kappa shape index (κ2) is 8.09. The number of nitriles is 1. The Morgan fingerprint density at radius 3 is 2.74 bits per heavy atom. The largest absolute Gasteiger partial charge is 0.387 e. The fraction of sp³-hybridized carbons (Fsp3) is 0.333. The molecule has 1 atom stereocenters. The summed E-state index contributed by atoms with van der Waals surface area (Å²) in [4.78, 5) is 24.2. The van der Waals surface area contributed by atoms with Crippen LogP contribution in [-0.2, 0) is 26.2 Å². The number of hydrogen-bond acceptors (Lipinski definition) is 7. The molecule has 0 saturated carbocycles. The van der Waals surface area contributed by atoms with Crippen LogP contribution < -0.4 is 0 Å². The maximum absolute atomic E-state index is 13.0. The van der Waals surface area contributed by atoms with E-state index in [9.17, 15) is 13.2 Å². The Labute approximate surface area is 180 Å². The van der Waals surface area contributed by atoms with E-state index in [2.05, 4.69) is 10.1 Å². The Bertz CT molecular complexity index is 1160. The van der Waals surface area contributed by atoms with Crippen molar-refractivity contribution in [2.45, 2.75) is 29.9 Å². The summed E-state index contributed by atoms with van der Waals surface area (Å²) in [6.07, 6.45) is 2.35. The van der Waals surface area contributed by atoms with E-state index in [0.717, 1.165) is 5.69 Å². The number of sulfonamides is 1. The molecule has 31 heavy (non-hydrogen) atoms. The molecule has 3 heterocycles. The first kappa shape index (κ1) is 21.0. The van der Waals surface area contributed by atoms with E-state index in [1.165, 1.54) is 33.5 Å². The average Bonchev–Trinajstić information content (AvgIpc) is 3.41. The summed E-state index contributed by atoms with van der Waals surface area (Å²) in [5.74, 6) is -0.268. The van der Waals surface area contributed by atoms with E-state index in [0.29, 0.717) is 18.5 Å². The lowest BCUT2D eigenvalue weighted by atomic mass is 9.96. The van der Waals surface area contributed by atoms with Gasteiger partial charge in [-0.2, -0.15) is 9.57 Å². The number of carbonyl (C=O) groups is 1. The molecule has 10 heteroatoms. The van der Waals surface area contributed by atoms with Crippen LogP contribution in [0.2, 0.25) is 0 Å². The molecule has 2 aliphatic rings. The Morgan fingerprint density at radius 2 is 2.06 bits per heavy atom. The van der Waals surface area contributed by atoms with Gasteiger partial charge in [0.15, 0.2) is 5.60 Å². The molecule has 1 saturated heterocycles. The lowest BCUT2D eigenvalue weighted by molar-refractivity contribution is -0.123. The number of carbonyl (C=O) groups excluding carboxylic acids is 1. The van der Waals surface area contributed by atoms with Crippen LogP contribution in [-0.4, -0.2) is 60.0 Å². The lowest BCUT2D eigenvalue weighted by Gasteiger charge is -2.22. The van der Waals surface area contributed by atoms with E-state index < -0.39 is 15.6 Å². The van der Waals surface area contributed by atoms with Crippen molar-refractivity contribution in [2.75, 3.05) is 20.1 Å². The molecule has 0 N–H and O–H groups in total. The van der Waals surface area contributed by atoms with E-state index in [4.69, 9.17) is 10.1 Å². The zero-order valence-corrected chi connectivity index (χ0v) is 17.7. The topological polar surface area (TPSA) is 116 Å². The molecule has 0 radical (unpaired) electrons. The van der Waals surface area contributed by atoms with Crippen LogP contribution in [0.15, 0.2) is 58.7 Å². The highest BCUT2D eigenvalue weighted by Gasteiger charge is 2.50. The van der Waals surface area contributed by atoms with Gasteiger partial charge < -0.3 is 9.74 Å².